The van der Waals surface area contributed by atoms with Crippen molar-refractivity contribution in [3.63, 3.8) is 0 Å². The van der Waals surface area contributed by atoms with E-state index in [9.17, 15) is 0 Å². The molecule has 9 heavy (non-hydrogen) atoms. The summed E-state index contributed by atoms with van der Waals surface area (Å²) in [7, 11) is 0. The topological polar surface area (TPSA) is 32.6 Å². The van der Waals surface area contributed by atoms with Crippen molar-refractivity contribution in [1.82, 2.24) is 0 Å². The molecule has 0 saturated carbocycles. The van der Waals surface area contributed by atoms with Crippen molar-refractivity contribution in [3.05, 3.63) is 0 Å². The zero-order chi connectivity index (χ0) is 7.33. The van der Waals surface area contributed by atoms with Gasteiger partial charge in [0.05, 0.1) is 0 Å². The fourth-order valence-electron chi connectivity index (χ4n) is 0.865. The Bertz CT molecular complexity index is 97.1. The van der Waals surface area contributed by atoms with Gasteiger partial charge in [-0.3, -0.25) is 0 Å². The Balaban J connectivity index is 3.70. The first-order chi connectivity index (χ1) is 4.12. The van der Waals surface area contributed by atoms with Crippen LogP contribution in [0, 0.1) is 5.41 Å². The second-order valence-electron chi connectivity index (χ2n) is 2.98. The summed E-state index contributed by atoms with van der Waals surface area (Å²) in [5.74, 6) is 0. The van der Waals surface area contributed by atoms with Crippen LogP contribution in [0.15, 0.2) is 5.16 Å². The minimum absolute atomic E-state index is 0.0590. The van der Waals surface area contributed by atoms with Gasteiger partial charge in [-0.2, -0.15) is 0 Å². The molecular weight excluding hydrogens is 114 g/mol. The average molecular weight is 129 g/mol. The molecule has 0 aromatic carbocycles. The van der Waals surface area contributed by atoms with Crippen LogP contribution >= 0.6 is 0 Å². The van der Waals surface area contributed by atoms with E-state index >= 15 is 0 Å². The summed E-state index contributed by atoms with van der Waals surface area (Å²) >= 11 is 0. The van der Waals surface area contributed by atoms with E-state index in [1.807, 2.05) is 0 Å². The minimum Gasteiger partial charge on any atom is -0.411 e. The molecule has 2 nitrogen and oxygen atoms in total. The third-order valence-electron chi connectivity index (χ3n) is 1.30. The van der Waals surface area contributed by atoms with Crippen LogP contribution in [0.5, 0.6) is 0 Å². The lowest BCUT2D eigenvalue weighted by atomic mass is 9.90. The highest BCUT2D eigenvalue weighted by Gasteiger charge is 2.12. The SMILES string of the molecule is CCCC(C)(C)/C=N/O. The largest absolute Gasteiger partial charge is 0.411 e. The molecule has 0 atom stereocenters. The molecule has 0 aliphatic carbocycles. The van der Waals surface area contributed by atoms with Gasteiger partial charge < -0.3 is 5.21 Å². The number of rotatable bonds is 3. The lowest BCUT2D eigenvalue weighted by molar-refractivity contribution is 0.311. The second kappa shape index (κ2) is 3.49. The molecule has 54 valence electrons. The Morgan fingerprint density at radius 2 is 2.11 bits per heavy atom. The van der Waals surface area contributed by atoms with Crippen molar-refractivity contribution in [2.24, 2.45) is 10.6 Å². The number of nitrogens with zero attached hydrogens (tertiary/aromatic N) is 1. The predicted octanol–water partition coefficient (Wildman–Crippen LogP) is 2.27. The monoisotopic (exact) mass is 129 g/mol. The van der Waals surface area contributed by atoms with Gasteiger partial charge in [-0.15, -0.1) is 5.16 Å². The molecule has 0 saturated heterocycles. The van der Waals surface area contributed by atoms with Crippen molar-refractivity contribution in [1.29, 1.82) is 0 Å². The van der Waals surface area contributed by atoms with E-state index in [4.69, 9.17) is 5.21 Å². The highest BCUT2D eigenvalue weighted by Crippen LogP contribution is 2.18. The van der Waals surface area contributed by atoms with Crippen molar-refractivity contribution in [2.75, 3.05) is 0 Å². The zero-order valence-electron chi connectivity index (χ0n) is 6.39. The normalized spacial score (nSPS) is 12.8. The first-order valence-corrected chi connectivity index (χ1v) is 3.31. The van der Waals surface area contributed by atoms with E-state index in [0.29, 0.717) is 0 Å². The molecule has 0 unspecified atom stereocenters. The molecule has 1 N–H and O–H groups in total. The Labute approximate surface area is 56.6 Å². The average Bonchev–Trinajstić information content (AvgIpc) is 1.64. The molecule has 0 bridgehead atoms. The molecule has 0 spiro atoms. The molecule has 0 rings (SSSR count). The minimum atomic E-state index is 0.0590. The first-order valence-electron chi connectivity index (χ1n) is 3.31. The smallest absolute Gasteiger partial charge is 0.0492 e. The van der Waals surface area contributed by atoms with Crippen LogP contribution in [0.25, 0.3) is 0 Å². The Hall–Kier alpha value is -0.530. The molecule has 0 fully saturated rings. The van der Waals surface area contributed by atoms with E-state index < -0.39 is 0 Å². The Morgan fingerprint density at radius 1 is 1.56 bits per heavy atom. The number of oxime groups is 1. The predicted molar refractivity (Wildman–Crippen MR) is 39.0 cm³/mol. The van der Waals surface area contributed by atoms with Crippen molar-refractivity contribution in [3.8, 4) is 0 Å². The fourth-order valence-corrected chi connectivity index (χ4v) is 0.865. The highest BCUT2D eigenvalue weighted by atomic mass is 16.4. The molecule has 0 radical (unpaired) electrons. The van der Waals surface area contributed by atoms with Gasteiger partial charge in [0.1, 0.15) is 0 Å². The van der Waals surface area contributed by atoms with Crippen molar-refractivity contribution in [2.45, 2.75) is 33.6 Å². The molecule has 0 aromatic heterocycles. The molecule has 0 aromatic rings. The van der Waals surface area contributed by atoms with Crippen LogP contribution in [0.3, 0.4) is 0 Å². The number of hydrogen-bond donors (Lipinski definition) is 1. The maximum absolute atomic E-state index is 8.20. The van der Waals surface area contributed by atoms with Crippen molar-refractivity contribution >= 4 is 6.21 Å². The quantitative estimate of drug-likeness (QED) is 0.354. The summed E-state index contributed by atoms with van der Waals surface area (Å²) in [5.41, 5.74) is 0.0590. The summed E-state index contributed by atoms with van der Waals surface area (Å²) in [6.45, 7) is 6.22. The van der Waals surface area contributed by atoms with E-state index in [1.54, 1.807) is 6.21 Å². The fraction of sp³-hybridized carbons (Fsp3) is 0.857. The van der Waals surface area contributed by atoms with Crippen LogP contribution in [-0.4, -0.2) is 11.4 Å². The lowest BCUT2D eigenvalue weighted by Gasteiger charge is -2.15. The standard InChI is InChI=1S/C7H15NO/c1-4-5-7(2,3)6-8-9/h6,9H,4-5H2,1-3H3/b8-6+. The lowest BCUT2D eigenvalue weighted by Crippen LogP contribution is -2.11. The van der Waals surface area contributed by atoms with Crippen LogP contribution in [-0.2, 0) is 0 Å². The Kier molecular flexibility index (Phi) is 3.28. The van der Waals surface area contributed by atoms with Crippen LogP contribution in [0.2, 0.25) is 0 Å². The first kappa shape index (κ1) is 8.47. The summed E-state index contributed by atoms with van der Waals surface area (Å²) in [5, 5.41) is 11.2. The van der Waals surface area contributed by atoms with Gasteiger partial charge in [0.15, 0.2) is 0 Å². The molecule has 0 amide bonds. The molecule has 0 aliphatic heterocycles. The van der Waals surface area contributed by atoms with Gasteiger partial charge in [-0.25, -0.2) is 0 Å². The molecule has 2 heteroatoms. The van der Waals surface area contributed by atoms with Gasteiger partial charge in [0, 0.05) is 11.6 Å². The Morgan fingerprint density at radius 3 is 2.44 bits per heavy atom. The molecule has 0 heterocycles. The third kappa shape index (κ3) is 4.01. The van der Waals surface area contributed by atoms with E-state index in [1.165, 1.54) is 0 Å². The summed E-state index contributed by atoms with van der Waals surface area (Å²) in [6.07, 6.45) is 3.77. The second-order valence-corrected chi connectivity index (χ2v) is 2.98. The van der Waals surface area contributed by atoms with Crippen LogP contribution < -0.4 is 0 Å². The van der Waals surface area contributed by atoms with E-state index in [2.05, 4.69) is 25.9 Å². The van der Waals surface area contributed by atoms with Crippen LogP contribution in [0.4, 0.5) is 0 Å². The maximum Gasteiger partial charge on any atom is 0.0492 e. The summed E-state index contributed by atoms with van der Waals surface area (Å²) in [6, 6.07) is 0. The zero-order valence-corrected chi connectivity index (χ0v) is 6.39. The van der Waals surface area contributed by atoms with E-state index in [0.717, 1.165) is 12.8 Å². The van der Waals surface area contributed by atoms with Gasteiger partial charge >= 0.3 is 0 Å². The third-order valence-corrected chi connectivity index (χ3v) is 1.30. The van der Waals surface area contributed by atoms with Gasteiger partial charge in [0.25, 0.3) is 0 Å². The van der Waals surface area contributed by atoms with E-state index in [-0.39, 0.29) is 5.41 Å². The van der Waals surface area contributed by atoms with Crippen LogP contribution in [0.1, 0.15) is 33.6 Å². The van der Waals surface area contributed by atoms with Gasteiger partial charge in [-0.1, -0.05) is 27.2 Å². The molecule has 0 aliphatic rings. The number of hydrogen-bond acceptors (Lipinski definition) is 2. The summed E-state index contributed by atoms with van der Waals surface area (Å²) < 4.78 is 0. The van der Waals surface area contributed by atoms with Gasteiger partial charge in [-0.05, 0) is 6.42 Å². The maximum atomic E-state index is 8.20. The molecular formula is C7H15NO. The van der Waals surface area contributed by atoms with Gasteiger partial charge in [0.2, 0.25) is 0 Å². The van der Waals surface area contributed by atoms with Crippen molar-refractivity contribution < 1.29 is 5.21 Å². The highest BCUT2D eigenvalue weighted by molar-refractivity contribution is 5.63. The summed E-state index contributed by atoms with van der Waals surface area (Å²) in [4.78, 5) is 0.